The van der Waals surface area contributed by atoms with Gasteiger partial charge in [0.25, 0.3) is 0 Å². The first-order chi connectivity index (χ1) is 11.8. The maximum atomic E-state index is 5.21. The van der Waals surface area contributed by atoms with Gasteiger partial charge in [-0.1, -0.05) is 18.2 Å². The van der Waals surface area contributed by atoms with E-state index in [2.05, 4.69) is 10.1 Å². The van der Waals surface area contributed by atoms with Crippen LogP contribution in [0.4, 0.5) is 0 Å². The Bertz CT molecular complexity index is 991. The van der Waals surface area contributed by atoms with Gasteiger partial charge < -0.3 is 4.74 Å². The average Bonchev–Trinajstić information content (AvgIpc) is 2.99. The van der Waals surface area contributed by atoms with Crippen LogP contribution in [0.1, 0.15) is 5.69 Å². The molecule has 2 aromatic carbocycles. The van der Waals surface area contributed by atoms with Crippen molar-refractivity contribution in [3.05, 3.63) is 66.5 Å². The number of benzene rings is 2. The second kappa shape index (κ2) is 5.77. The summed E-state index contributed by atoms with van der Waals surface area (Å²) in [5.74, 6) is 0.818. The SMILES string of the molecule is COc1ccc(-c2cnc3c(C)nn(-c4ccccc4)c3n2)cc1. The van der Waals surface area contributed by atoms with Gasteiger partial charge in [-0.2, -0.15) is 5.10 Å². The van der Waals surface area contributed by atoms with Crippen LogP contribution in [0.3, 0.4) is 0 Å². The normalized spacial score (nSPS) is 10.9. The Labute approximate surface area is 139 Å². The molecule has 0 saturated heterocycles. The molecule has 0 saturated carbocycles. The van der Waals surface area contributed by atoms with Crippen molar-refractivity contribution in [3.8, 4) is 22.7 Å². The number of hydrogen-bond acceptors (Lipinski definition) is 4. The molecule has 0 fully saturated rings. The highest BCUT2D eigenvalue weighted by atomic mass is 16.5. The van der Waals surface area contributed by atoms with Crippen LogP contribution in [-0.2, 0) is 0 Å². The third-order valence-corrected chi connectivity index (χ3v) is 3.93. The molecule has 0 unspecified atom stereocenters. The van der Waals surface area contributed by atoms with Crippen LogP contribution < -0.4 is 4.74 Å². The highest BCUT2D eigenvalue weighted by Crippen LogP contribution is 2.24. The van der Waals surface area contributed by atoms with Crippen LogP contribution in [0.15, 0.2) is 60.8 Å². The fourth-order valence-corrected chi connectivity index (χ4v) is 2.68. The number of nitrogens with zero attached hydrogens (tertiary/aromatic N) is 4. The Balaban J connectivity index is 1.87. The highest BCUT2D eigenvalue weighted by Gasteiger charge is 2.13. The number of para-hydroxylation sites is 1. The number of methoxy groups -OCH3 is 1. The summed E-state index contributed by atoms with van der Waals surface area (Å²) in [6.45, 7) is 1.95. The van der Waals surface area contributed by atoms with Gasteiger partial charge in [0.2, 0.25) is 0 Å². The van der Waals surface area contributed by atoms with E-state index in [9.17, 15) is 0 Å². The predicted molar refractivity (Wildman–Crippen MR) is 93.4 cm³/mol. The monoisotopic (exact) mass is 316 g/mol. The topological polar surface area (TPSA) is 52.8 Å². The molecule has 5 nitrogen and oxygen atoms in total. The maximum absolute atomic E-state index is 5.21. The minimum absolute atomic E-state index is 0.756. The van der Waals surface area contributed by atoms with E-state index < -0.39 is 0 Å². The van der Waals surface area contributed by atoms with Gasteiger partial charge in [0.05, 0.1) is 30.4 Å². The molecule has 4 aromatic rings. The van der Waals surface area contributed by atoms with Crippen molar-refractivity contribution >= 4 is 11.2 Å². The van der Waals surface area contributed by atoms with Crippen molar-refractivity contribution in [2.24, 2.45) is 0 Å². The Hall–Kier alpha value is -3.21. The average molecular weight is 316 g/mol. The number of aryl methyl sites for hydroxylation is 1. The van der Waals surface area contributed by atoms with Gasteiger partial charge in [-0.25, -0.2) is 14.6 Å². The van der Waals surface area contributed by atoms with E-state index in [0.717, 1.165) is 39.6 Å². The lowest BCUT2D eigenvalue weighted by Crippen LogP contribution is -1.98. The van der Waals surface area contributed by atoms with Crippen LogP contribution >= 0.6 is 0 Å². The Morgan fingerprint density at radius 2 is 1.71 bits per heavy atom. The van der Waals surface area contributed by atoms with Crippen molar-refractivity contribution in [1.82, 2.24) is 19.7 Å². The second-order valence-electron chi connectivity index (χ2n) is 5.49. The van der Waals surface area contributed by atoms with E-state index >= 15 is 0 Å². The fraction of sp³-hybridized carbons (Fsp3) is 0.105. The van der Waals surface area contributed by atoms with Crippen molar-refractivity contribution in [2.45, 2.75) is 6.92 Å². The van der Waals surface area contributed by atoms with Crippen molar-refractivity contribution < 1.29 is 4.74 Å². The minimum Gasteiger partial charge on any atom is -0.497 e. The molecule has 0 radical (unpaired) electrons. The van der Waals surface area contributed by atoms with Gasteiger partial charge in [0.15, 0.2) is 5.65 Å². The van der Waals surface area contributed by atoms with E-state index in [4.69, 9.17) is 9.72 Å². The summed E-state index contributed by atoms with van der Waals surface area (Å²) in [5.41, 5.74) is 5.20. The number of hydrogen-bond donors (Lipinski definition) is 0. The lowest BCUT2D eigenvalue weighted by molar-refractivity contribution is 0.415. The van der Waals surface area contributed by atoms with E-state index in [1.54, 1.807) is 13.3 Å². The van der Waals surface area contributed by atoms with Crippen molar-refractivity contribution in [1.29, 1.82) is 0 Å². The number of aromatic nitrogens is 4. The summed E-state index contributed by atoms with van der Waals surface area (Å²) < 4.78 is 7.04. The minimum atomic E-state index is 0.756. The van der Waals surface area contributed by atoms with Gasteiger partial charge in [-0.05, 0) is 43.3 Å². The molecular weight excluding hydrogens is 300 g/mol. The van der Waals surface area contributed by atoms with Crippen LogP contribution in [0.2, 0.25) is 0 Å². The predicted octanol–water partition coefficient (Wildman–Crippen LogP) is 3.80. The van der Waals surface area contributed by atoms with Gasteiger partial charge in [0, 0.05) is 5.56 Å². The third kappa shape index (κ3) is 2.40. The summed E-state index contributed by atoms with van der Waals surface area (Å²) in [7, 11) is 1.65. The van der Waals surface area contributed by atoms with Gasteiger partial charge >= 0.3 is 0 Å². The quantitative estimate of drug-likeness (QED) is 0.577. The number of fused-ring (bicyclic) bond motifs is 1. The van der Waals surface area contributed by atoms with E-state index in [0.29, 0.717) is 0 Å². The zero-order valence-electron chi connectivity index (χ0n) is 13.5. The molecule has 0 aliphatic carbocycles. The smallest absolute Gasteiger partial charge is 0.182 e. The summed E-state index contributed by atoms with van der Waals surface area (Å²) in [6, 6.07) is 17.8. The fourth-order valence-electron chi connectivity index (χ4n) is 2.68. The number of ether oxygens (including phenoxy) is 1. The Morgan fingerprint density at radius 1 is 0.958 bits per heavy atom. The number of rotatable bonds is 3. The summed E-state index contributed by atoms with van der Waals surface area (Å²) in [5, 5.41) is 4.59. The zero-order chi connectivity index (χ0) is 16.5. The summed E-state index contributed by atoms with van der Waals surface area (Å²) >= 11 is 0. The first-order valence-electron chi connectivity index (χ1n) is 7.68. The molecule has 2 heterocycles. The zero-order valence-corrected chi connectivity index (χ0v) is 13.5. The molecule has 118 valence electrons. The van der Waals surface area contributed by atoms with Crippen molar-refractivity contribution in [2.75, 3.05) is 7.11 Å². The van der Waals surface area contributed by atoms with E-state index in [1.165, 1.54) is 0 Å². The van der Waals surface area contributed by atoms with Crippen molar-refractivity contribution in [3.63, 3.8) is 0 Å². The highest BCUT2D eigenvalue weighted by molar-refractivity contribution is 5.78. The molecule has 5 heteroatoms. The van der Waals surface area contributed by atoms with Crippen LogP contribution in [-0.4, -0.2) is 26.9 Å². The molecule has 0 N–H and O–H groups in total. The molecule has 24 heavy (non-hydrogen) atoms. The molecule has 0 atom stereocenters. The Kier molecular flexibility index (Phi) is 3.46. The van der Waals surface area contributed by atoms with Crippen LogP contribution in [0.25, 0.3) is 28.1 Å². The molecular formula is C19H16N4O. The first-order valence-corrected chi connectivity index (χ1v) is 7.68. The summed E-state index contributed by atoms with van der Waals surface area (Å²) in [4.78, 5) is 9.36. The van der Waals surface area contributed by atoms with Crippen LogP contribution in [0.5, 0.6) is 5.75 Å². The molecule has 0 bridgehead atoms. The van der Waals surface area contributed by atoms with Crippen LogP contribution in [0, 0.1) is 6.92 Å². The van der Waals surface area contributed by atoms with E-state index in [1.807, 2.05) is 66.2 Å². The lowest BCUT2D eigenvalue weighted by Gasteiger charge is -2.05. The molecule has 0 aliphatic heterocycles. The summed E-state index contributed by atoms with van der Waals surface area (Å²) in [6.07, 6.45) is 1.79. The van der Waals surface area contributed by atoms with E-state index in [-0.39, 0.29) is 0 Å². The third-order valence-electron chi connectivity index (χ3n) is 3.93. The lowest BCUT2D eigenvalue weighted by atomic mass is 10.1. The molecule has 0 aliphatic rings. The molecule has 0 amide bonds. The van der Waals surface area contributed by atoms with Gasteiger partial charge in [-0.3, -0.25) is 0 Å². The van der Waals surface area contributed by atoms with Gasteiger partial charge in [0.1, 0.15) is 11.3 Å². The maximum Gasteiger partial charge on any atom is 0.182 e. The Morgan fingerprint density at radius 3 is 2.42 bits per heavy atom. The first kappa shape index (κ1) is 14.4. The molecule has 4 rings (SSSR count). The van der Waals surface area contributed by atoms with Gasteiger partial charge in [-0.15, -0.1) is 0 Å². The molecule has 2 aromatic heterocycles. The second-order valence-corrected chi connectivity index (χ2v) is 5.49. The largest absolute Gasteiger partial charge is 0.497 e. The standard InChI is InChI=1S/C19H16N4O/c1-13-18-19(23(22-13)15-6-4-3-5-7-15)21-17(12-20-18)14-8-10-16(24-2)11-9-14/h3-12H,1-2H3. The molecule has 0 spiro atoms.